The van der Waals surface area contributed by atoms with E-state index in [-0.39, 0.29) is 47.3 Å². The SMILES string of the molecule is O=[P+](OCCCNCc1cc(F)c(SCCCCC2(c3ccccc3F)COC2)cn1)OCCCNCc1cc(F)c(SCCCCC2(c3ccccc3F)COC2)cn1. The van der Waals surface area contributed by atoms with Crippen LogP contribution in [-0.4, -0.2) is 74.2 Å². The molecular formula is C44H54F4N4O5PS2+. The first-order chi connectivity index (χ1) is 29.3. The Morgan fingerprint density at radius 1 is 0.617 bits per heavy atom. The van der Waals surface area contributed by atoms with Crippen molar-refractivity contribution in [1.82, 2.24) is 20.6 Å². The molecule has 2 fully saturated rings. The highest BCUT2D eigenvalue weighted by atomic mass is 32.2. The number of benzene rings is 2. The molecule has 0 aliphatic carbocycles. The molecule has 2 aliphatic heterocycles. The molecule has 0 bridgehead atoms. The van der Waals surface area contributed by atoms with Crippen LogP contribution in [0, 0.1) is 23.3 Å². The van der Waals surface area contributed by atoms with Gasteiger partial charge in [0, 0.05) is 40.9 Å². The Kier molecular flexibility index (Phi) is 18.6. The molecule has 2 aromatic heterocycles. The first-order valence-corrected chi connectivity index (χ1v) is 23.7. The van der Waals surface area contributed by atoms with Gasteiger partial charge < -0.3 is 20.1 Å². The van der Waals surface area contributed by atoms with Gasteiger partial charge in [-0.2, -0.15) is 0 Å². The van der Waals surface area contributed by atoms with Crippen LogP contribution in [0.1, 0.15) is 73.9 Å². The van der Waals surface area contributed by atoms with Crippen LogP contribution >= 0.6 is 31.8 Å². The number of nitrogens with zero attached hydrogens (tertiary/aromatic N) is 2. The van der Waals surface area contributed by atoms with Crippen LogP contribution < -0.4 is 10.6 Å². The zero-order valence-electron chi connectivity index (χ0n) is 33.8. The van der Waals surface area contributed by atoms with Gasteiger partial charge >= 0.3 is 8.25 Å². The van der Waals surface area contributed by atoms with Crippen LogP contribution in [-0.2, 0) is 47.0 Å². The molecular weight excluding hydrogens is 836 g/mol. The number of nitrogens with one attached hydrogen (secondary N) is 2. The van der Waals surface area contributed by atoms with E-state index in [1.54, 1.807) is 24.5 Å². The van der Waals surface area contributed by atoms with Gasteiger partial charge in [-0.15, -0.1) is 32.6 Å². The fourth-order valence-electron chi connectivity index (χ4n) is 7.31. The zero-order valence-corrected chi connectivity index (χ0v) is 36.3. The molecule has 9 nitrogen and oxygen atoms in total. The van der Waals surface area contributed by atoms with Crippen molar-refractivity contribution in [3.63, 3.8) is 0 Å². The molecule has 6 rings (SSSR count). The average molecular weight is 890 g/mol. The summed E-state index contributed by atoms with van der Waals surface area (Å²) < 4.78 is 91.8. The molecule has 4 heterocycles. The summed E-state index contributed by atoms with van der Waals surface area (Å²) in [4.78, 5) is 9.80. The van der Waals surface area contributed by atoms with Crippen molar-refractivity contribution in [1.29, 1.82) is 0 Å². The third-order valence-electron chi connectivity index (χ3n) is 10.8. The minimum absolute atomic E-state index is 0.187. The largest absolute Gasteiger partial charge is 0.697 e. The molecule has 16 heteroatoms. The van der Waals surface area contributed by atoms with Gasteiger partial charge in [-0.25, -0.2) is 17.6 Å². The number of halogens is 4. The van der Waals surface area contributed by atoms with E-state index in [1.807, 2.05) is 24.3 Å². The van der Waals surface area contributed by atoms with Gasteiger partial charge in [-0.1, -0.05) is 49.2 Å². The van der Waals surface area contributed by atoms with Gasteiger partial charge in [0.15, 0.2) is 0 Å². The van der Waals surface area contributed by atoms with Crippen LogP contribution in [0.4, 0.5) is 17.6 Å². The number of hydrogen-bond acceptors (Lipinski definition) is 11. The smallest absolute Gasteiger partial charge is 0.379 e. The van der Waals surface area contributed by atoms with Gasteiger partial charge in [0.1, 0.15) is 36.5 Å². The fourth-order valence-corrected chi connectivity index (χ4v) is 9.72. The first kappa shape index (κ1) is 46.5. The molecule has 0 saturated carbocycles. The van der Waals surface area contributed by atoms with Crippen LogP contribution in [0.25, 0.3) is 0 Å². The lowest BCUT2D eigenvalue weighted by molar-refractivity contribution is -0.0668. The molecule has 324 valence electrons. The molecule has 2 saturated heterocycles. The highest BCUT2D eigenvalue weighted by Gasteiger charge is 2.42. The third kappa shape index (κ3) is 13.5. The van der Waals surface area contributed by atoms with Gasteiger partial charge in [-0.05, 0) is 98.5 Å². The summed E-state index contributed by atoms with van der Waals surface area (Å²) in [5.74, 6) is 0.498. The minimum Gasteiger partial charge on any atom is -0.379 e. The fraction of sp³-hybridized carbons (Fsp3) is 0.500. The van der Waals surface area contributed by atoms with Crippen molar-refractivity contribution in [2.24, 2.45) is 0 Å². The van der Waals surface area contributed by atoms with Crippen molar-refractivity contribution in [2.75, 3.05) is 64.2 Å². The third-order valence-corrected chi connectivity index (χ3v) is 13.8. The highest BCUT2D eigenvalue weighted by molar-refractivity contribution is 7.99. The molecule has 2 aliphatic rings. The number of aromatic nitrogens is 2. The molecule has 2 aromatic carbocycles. The maximum Gasteiger partial charge on any atom is 0.697 e. The molecule has 60 heavy (non-hydrogen) atoms. The Morgan fingerprint density at radius 3 is 1.43 bits per heavy atom. The Balaban J connectivity index is 0.742. The van der Waals surface area contributed by atoms with Crippen molar-refractivity contribution in [2.45, 2.75) is 85.1 Å². The van der Waals surface area contributed by atoms with E-state index >= 15 is 0 Å². The van der Waals surface area contributed by atoms with E-state index in [9.17, 15) is 22.1 Å². The van der Waals surface area contributed by atoms with E-state index in [0.29, 0.717) is 86.6 Å². The van der Waals surface area contributed by atoms with Crippen molar-refractivity contribution >= 4 is 31.8 Å². The minimum atomic E-state index is -2.25. The van der Waals surface area contributed by atoms with E-state index < -0.39 is 8.25 Å². The number of pyridine rings is 2. The summed E-state index contributed by atoms with van der Waals surface area (Å²) in [6.45, 7) is 4.51. The monoisotopic (exact) mass is 889 g/mol. The first-order valence-electron chi connectivity index (χ1n) is 20.6. The van der Waals surface area contributed by atoms with E-state index in [0.717, 1.165) is 61.2 Å². The van der Waals surface area contributed by atoms with Crippen LogP contribution in [0.5, 0.6) is 0 Å². The predicted octanol–water partition coefficient (Wildman–Crippen LogP) is 9.84. The lowest BCUT2D eigenvalue weighted by Gasteiger charge is -2.42. The maximum atomic E-state index is 14.8. The number of unbranched alkanes of at least 4 members (excludes halogenated alkanes) is 2. The van der Waals surface area contributed by atoms with E-state index in [2.05, 4.69) is 20.6 Å². The second kappa shape index (κ2) is 24.0. The normalized spacial score (nSPS) is 15.4. The van der Waals surface area contributed by atoms with Gasteiger partial charge in [0.05, 0.1) is 47.6 Å². The van der Waals surface area contributed by atoms with Crippen molar-refractivity contribution in [3.8, 4) is 0 Å². The Morgan fingerprint density at radius 2 is 1.05 bits per heavy atom. The second-order valence-corrected chi connectivity index (χ2v) is 18.5. The molecule has 4 aromatic rings. The zero-order chi connectivity index (χ0) is 42.0. The molecule has 0 radical (unpaired) electrons. The summed E-state index contributed by atoms with van der Waals surface area (Å²) in [6, 6.07) is 16.7. The van der Waals surface area contributed by atoms with Gasteiger partial charge in [0.25, 0.3) is 0 Å². The highest BCUT2D eigenvalue weighted by Crippen LogP contribution is 2.40. The summed E-state index contributed by atoms with van der Waals surface area (Å²) in [6.07, 6.45) is 9.50. The molecule has 0 atom stereocenters. The van der Waals surface area contributed by atoms with Gasteiger partial charge in [-0.3, -0.25) is 9.97 Å². The molecule has 0 unspecified atom stereocenters. The molecule has 0 amide bonds. The van der Waals surface area contributed by atoms with Gasteiger partial charge in [0.2, 0.25) is 0 Å². The van der Waals surface area contributed by atoms with Crippen LogP contribution in [0.15, 0.2) is 82.8 Å². The lowest BCUT2D eigenvalue weighted by Crippen LogP contribution is -2.47. The van der Waals surface area contributed by atoms with E-state index in [4.69, 9.17) is 18.5 Å². The Labute approximate surface area is 359 Å². The standard InChI is InChI=1S/C44H54F4N4O5PS2/c45-37-13-3-1-11-35(37)43(29-54-30-43)15-5-7-21-59-41-27-51-33(23-39(41)47)25-49-17-9-19-56-58(53)57-20-10-18-50-26-34-24-40(48)42(28-52-34)60-22-8-6-16-44(31-55-32-44)36-12-2-4-14-38(36)46/h1-4,11-14,23-24,27-28,49-50H,5-10,15-22,25-26,29-32H2/q+1. The summed E-state index contributed by atoms with van der Waals surface area (Å²) in [5, 5.41) is 6.40. The van der Waals surface area contributed by atoms with E-state index in [1.165, 1.54) is 47.8 Å². The summed E-state index contributed by atoms with van der Waals surface area (Å²) >= 11 is 2.87. The van der Waals surface area contributed by atoms with Crippen LogP contribution in [0.3, 0.4) is 0 Å². The number of rotatable bonds is 28. The number of thioether (sulfide) groups is 2. The summed E-state index contributed by atoms with van der Waals surface area (Å²) in [5.41, 5.74) is 2.09. The van der Waals surface area contributed by atoms with Crippen molar-refractivity contribution in [3.05, 3.63) is 119 Å². The van der Waals surface area contributed by atoms with Crippen LogP contribution in [0.2, 0.25) is 0 Å². The predicted molar refractivity (Wildman–Crippen MR) is 227 cm³/mol. The quantitative estimate of drug-likeness (QED) is 0.0247. The average Bonchev–Trinajstić information content (AvgIpc) is 3.21. The molecule has 2 N–H and O–H groups in total. The number of hydrogen-bond donors (Lipinski definition) is 2. The molecule has 0 spiro atoms. The lowest BCUT2D eigenvalue weighted by atomic mass is 9.74. The Hall–Kier alpha value is -2.98. The van der Waals surface area contributed by atoms with Crippen molar-refractivity contribution < 1.29 is 40.6 Å². The second-order valence-electron chi connectivity index (χ2n) is 15.3. The number of ether oxygens (including phenoxy) is 2. The Bertz CT molecular complexity index is 1840. The maximum absolute atomic E-state index is 14.8. The summed E-state index contributed by atoms with van der Waals surface area (Å²) in [7, 11) is -2.25. The topological polar surface area (TPSA) is 104 Å².